The zero-order valence-corrected chi connectivity index (χ0v) is 11.3. The minimum absolute atomic E-state index is 0.0193. The zero-order valence-electron chi connectivity index (χ0n) is 11.3. The van der Waals surface area contributed by atoms with Crippen molar-refractivity contribution in [3.05, 3.63) is 23.0 Å². The minimum atomic E-state index is -1.05. The van der Waals surface area contributed by atoms with Crippen LogP contribution in [-0.4, -0.2) is 40.8 Å². The van der Waals surface area contributed by atoms with Crippen molar-refractivity contribution in [2.75, 3.05) is 0 Å². The highest BCUT2D eigenvalue weighted by molar-refractivity contribution is 5.86. The molecule has 0 spiro atoms. The largest absolute Gasteiger partial charge is 0.476 e. The molecular formula is C12H16N6O2. The summed E-state index contributed by atoms with van der Waals surface area (Å²) in [4.78, 5) is 11.1. The molecule has 0 aromatic carbocycles. The molecule has 2 aromatic rings. The lowest BCUT2D eigenvalue weighted by molar-refractivity contribution is 0.0689. The topological polar surface area (TPSA) is 98.7 Å². The van der Waals surface area contributed by atoms with Gasteiger partial charge in [0.25, 0.3) is 0 Å². The van der Waals surface area contributed by atoms with Gasteiger partial charge in [0.2, 0.25) is 0 Å². The summed E-state index contributed by atoms with van der Waals surface area (Å²) in [6, 6.07) is 0. The van der Waals surface area contributed by atoms with Gasteiger partial charge in [-0.25, -0.2) is 9.48 Å². The summed E-state index contributed by atoms with van der Waals surface area (Å²) in [5.41, 5.74) is 0.636. The summed E-state index contributed by atoms with van der Waals surface area (Å²) in [5, 5.41) is 25.1. The van der Waals surface area contributed by atoms with Crippen molar-refractivity contribution >= 4 is 5.97 Å². The summed E-state index contributed by atoms with van der Waals surface area (Å²) < 4.78 is 3.71. The Morgan fingerprint density at radius 3 is 2.90 bits per heavy atom. The van der Waals surface area contributed by atoms with Crippen molar-refractivity contribution < 1.29 is 9.90 Å². The highest BCUT2D eigenvalue weighted by atomic mass is 16.4. The number of aromatic carboxylic acids is 1. The van der Waals surface area contributed by atoms with Crippen LogP contribution in [0.3, 0.4) is 0 Å². The van der Waals surface area contributed by atoms with Crippen molar-refractivity contribution in [3.8, 4) is 0 Å². The molecule has 0 unspecified atom stereocenters. The lowest BCUT2D eigenvalue weighted by Gasteiger charge is -2.14. The zero-order chi connectivity index (χ0) is 14.1. The van der Waals surface area contributed by atoms with E-state index in [0.717, 1.165) is 37.5 Å². The predicted molar refractivity (Wildman–Crippen MR) is 68.4 cm³/mol. The number of fused-ring (bicyclic) bond motifs is 1. The van der Waals surface area contributed by atoms with Crippen LogP contribution >= 0.6 is 0 Å². The average molecular weight is 276 g/mol. The Morgan fingerprint density at radius 1 is 1.30 bits per heavy atom. The molecule has 0 fully saturated rings. The first-order valence-electron chi connectivity index (χ1n) is 6.77. The lowest BCUT2D eigenvalue weighted by atomic mass is 10.2. The maximum absolute atomic E-state index is 11.1. The Kier molecular flexibility index (Phi) is 3.21. The molecule has 3 rings (SSSR count). The van der Waals surface area contributed by atoms with E-state index >= 15 is 0 Å². The molecule has 106 valence electrons. The quantitative estimate of drug-likeness (QED) is 0.873. The van der Waals surface area contributed by atoms with E-state index in [1.165, 1.54) is 0 Å². The number of carboxylic acids is 1. The van der Waals surface area contributed by atoms with Crippen molar-refractivity contribution in [3.63, 3.8) is 0 Å². The number of aromatic nitrogens is 6. The predicted octanol–water partition coefficient (Wildman–Crippen LogP) is 0.515. The number of carbonyl (C=O) groups is 1. The molecular weight excluding hydrogens is 260 g/mol. The molecule has 1 aliphatic heterocycles. The van der Waals surface area contributed by atoms with E-state index in [1.807, 2.05) is 6.92 Å². The first-order valence-corrected chi connectivity index (χ1v) is 6.77. The van der Waals surface area contributed by atoms with Gasteiger partial charge in [-0.1, -0.05) is 12.1 Å². The van der Waals surface area contributed by atoms with Crippen LogP contribution in [0.1, 0.15) is 47.6 Å². The Hall–Kier alpha value is -2.25. The Balaban J connectivity index is 1.92. The SMILES string of the molecule is CCc1c(C(=O)O)nnn1Cc1nnc2n1CCCC2. The van der Waals surface area contributed by atoms with Gasteiger partial charge in [-0.3, -0.25) is 0 Å². The van der Waals surface area contributed by atoms with Gasteiger partial charge in [0, 0.05) is 13.0 Å². The third kappa shape index (κ3) is 2.06. The fourth-order valence-electron chi connectivity index (χ4n) is 2.60. The first kappa shape index (κ1) is 12.8. The van der Waals surface area contributed by atoms with Gasteiger partial charge in [-0.15, -0.1) is 15.3 Å². The Labute approximate surface area is 115 Å². The third-order valence-electron chi connectivity index (χ3n) is 3.60. The number of rotatable bonds is 4. The van der Waals surface area contributed by atoms with Gasteiger partial charge < -0.3 is 9.67 Å². The van der Waals surface area contributed by atoms with E-state index in [9.17, 15) is 4.79 Å². The maximum atomic E-state index is 11.1. The number of hydrogen-bond acceptors (Lipinski definition) is 5. The molecule has 0 radical (unpaired) electrons. The second-order valence-corrected chi connectivity index (χ2v) is 4.84. The molecule has 0 atom stereocenters. The molecule has 3 heterocycles. The van der Waals surface area contributed by atoms with Gasteiger partial charge >= 0.3 is 5.97 Å². The van der Waals surface area contributed by atoms with E-state index in [0.29, 0.717) is 18.7 Å². The molecule has 8 heteroatoms. The van der Waals surface area contributed by atoms with Crippen LogP contribution in [0.4, 0.5) is 0 Å². The second-order valence-electron chi connectivity index (χ2n) is 4.84. The summed E-state index contributed by atoms with van der Waals surface area (Å²) >= 11 is 0. The maximum Gasteiger partial charge on any atom is 0.358 e. The van der Waals surface area contributed by atoms with Crippen LogP contribution in [0, 0.1) is 0 Å². The van der Waals surface area contributed by atoms with E-state index in [4.69, 9.17) is 5.11 Å². The lowest BCUT2D eigenvalue weighted by Crippen LogP contribution is -2.17. The number of nitrogens with zero attached hydrogens (tertiary/aromatic N) is 6. The number of hydrogen-bond donors (Lipinski definition) is 1. The van der Waals surface area contributed by atoms with Gasteiger partial charge in [0.15, 0.2) is 11.5 Å². The summed E-state index contributed by atoms with van der Waals surface area (Å²) in [5.74, 6) is 0.774. The van der Waals surface area contributed by atoms with Gasteiger partial charge in [0.1, 0.15) is 12.4 Å². The Bertz CT molecular complexity index is 644. The van der Waals surface area contributed by atoms with Crippen LogP contribution in [-0.2, 0) is 25.9 Å². The molecule has 2 aromatic heterocycles. The molecule has 8 nitrogen and oxygen atoms in total. The van der Waals surface area contributed by atoms with Crippen molar-refractivity contribution in [2.45, 2.75) is 45.7 Å². The molecule has 1 aliphatic rings. The summed E-state index contributed by atoms with van der Waals surface area (Å²) in [7, 11) is 0. The monoisotopic (exact) mass is 276 g/mol. The molecule has 0 saturated carbocycles. The standard InChI is InChI=1S/C12H16N6O2/c1-2-8-11(12(19)20)15-16-18(8)7-10-14-13-9-5-3-4-6-17(9)10/h2-7H2,1H3,(H,19,20). The van der Waals surface area contributed by atoms with Crippen LogP contribution in [0.15, 0.2) is 0 Å². The van der Waals surface area contributed by atoms with Crippen LogP contribution < -0.4 is 0 Å². The Morgan fingerprint density at radius 2 is 2.15 bits per heavy atom. The van der Waals surface area contributed by atoms with Crippen molar-refractivity contribution in [2.24, 2.45) is 0 Å². The second kappa shape index (κ2) is 5.03. The van der Waals surface area contributed by atoms with E-state index in [2.05, 4.69) is 25.1 Å². The van der Waals surface area contributed by atoms with Crippen molar-refractivity contribution in [1.82, 2.24) is 29.8 Å². The minimum Gasteiger partial charge on any atom is -0.476 e. The van der Waals surface area contributed by atoms with Gasteiger partial charge in [-0.05, 0) is 19.3 Å². The highest BCUT2D eigenvalue weighted by Crippen LogP contribution is 2.16. The first-order chi connectivity index (χ1) is 9.70. The van der Waals surface area contributed by atoms with Crippen LogP contribution in [0.25, 0.3) is 0 Å². The van der Waals surface area contributed by atoms with Crippen LogP contribution in [0.5, 0.6) is 0 Å². The van der Waals surface area contributed by atoms with E-state index in [-0.39, 0.29) is 5.69 Å². The van der Waals surface area contributed by atoms with E-state index < -0.39 is 5.97 Å². The highest BCUT2D eigenvalue weighted by Gasteiger charge is 2.20. The number of carboxylic acid groups (broad SMARTS) is 1. The average Bonchev–Trinajstić information content (AvgIpc) is 3.04. The third-order valence-corrected chi connectivity index (χ3v) is 3.60. The molecule has 0 saturated heterocycles. The molecule has 20 heavy (non-hydrogen) atoms. The normalized spacial score (nSPS) is 14.2. The smallest absolute Gasteiger partial charge is 0.358 e. The van der Waals surface area contributed by atoms with Gasteiger partial charge in [-0.2, -0.15) is 0 Å². The number of aryl methyl sites for hydroxylation is 1. The van der Waals surface area contributed by atoms with Crippen LogP contribution in [0.2, 0.25) is 0 Å². The molecule has 1 N–H and O–H groups in total. The van der Waals surface area contributed by atoms with Crippen molar-refractivity contribution in [1.29, 1.82) is 0 Å². The van der Waals surface area contributed by atoms with E-state index in [1.54, 1.807) is 4.68 Å². The molecule has 0 amide bonds. The fraction of sp³-hybridized carbons (Fsp3) is 0.583. The molecule has 0 bridgehead atoms. The summed E-state index contributed by atoms with van der Waals surface area (Å²) in [6.45, 7) is 3.22. The molecule has 0 aliphatic carbocycles. The summed E-state index contributed by atoms with van der Waals surface area (Å²) in [6.07, 6.45) is 3.78. The fourth-order valence-corrected chi connectivity index (χ4v) is 2.60. The van der Waals surface area contributed by atoms with Gasteiger partial charge in [0.05, 0.1) is 5.69 Å².